The Hall–Kier alpha value is -1.43. The molecule has 1 rings (SSSR count). The second-order valence-corrected chi connectivity index (χ2v) is 3.77. The third-order valence-corrected chi connectivity index (χ3v) is 2.18. The summed E-state index contributed by atoms with van der Waals surface area (Å²) >= 11 is 0. The molecule has 100 valence electrons. The molecule has 0 atom stereocenters. The summed E-state index contributed by atoms with van der Waals surface area (Å²) in [6.07, 6.45) is 0. The standard InChI is InChI=1S/C13H19NO4/c1-12(16)18-14(7-9-17-10-8-15)11-13-5-3-2-4-6-13/h2-6,15H,7-11H2,1H3. The topological polar surface area (TPSA) is 59.0 Å². The molecule has 0 aromatic heterocycles. The Morgan fingerprint density at radius 1 is 1.28 bits per heavy atom. The van der Waals surface area contributed by atoms with Crippen molar-refractivity contribution in [3.05, 3.63) is 35.9 Å². The Morgan fingerprint density at radius 2 is 2.00 bits per heavy atom. The summed E-state index contributed by atoms with van der Waals surface area (Å²) < 4.78 is 5.15. The Kier molecular flexibility index (Phi) is 7.01. The molecule has 0 bridgehead atoms. The summed E-state index contributed by atoms with van der Waals surface area (Å²) in [5.41, 5.74) is 1.06. The molecule has 0 amide bonds. The number of aliphatic hydroxyl groups is 1. The van der Waals surface area contributed by atoms with Crippen molar-refractivity contribution >= 4 is 5.97 Å². The Balaban J connectivity index is 2.42. The minimum atomic E-state index is -0.354. The van der Waals surface area contributed by atoms with E-state index >= 15 is 0 Å². The molecule has 1 N–H and O–H groups in total. The van der Waals surface area contributed by atoms with Crippen LogP contribution in [0, 0.1) is 0 Å². The first kappa shape index (κ1) is 14.6. The lowest BCUT2D eigenvalue weighted by molar-refractivity contribution is -0.193. The number of hydrogen-bond acceptors (Lipinski definition) is 5. The number of benzene rings is 1. The number of carbonyl (C=O) groups excluding carboxylic acids is 1. The summed E-state index contributed by atoms with van der Waals surface area (Å²) in [5.74, 6) is -0.354. The summed E-state index contributed by atoms with van der Waals surface area (Å²) in [4.78, 5) is 16.1. The highest BCUT2D eigenvalue weighted by Gasteiger charge is 2.09. The minimum absolute atomic E-state index is 0.00769. The Morgan fingerprint density at radius 3 is 2.61 bits per heavy atom. The van der Waals surface area contributed by atoms with Crippen LogP contribution in [0.1, 0.15) is 12.5 Å². The average molecular weight is 253 g/mol. The smallest absolute Gasteiger partial charge is 0.322 e. The second-order valence-electron chi connectivity index (χ2n) is 3.77. The van der Waals surface area contributed by atoms with Crippen LogP contribution in [0.3, 0.4) is 0 Å². The number of rotatable bonds is 8. The van der Waals surface area contributed by atoms with Crippen molar-refractivity contribution in [2.24, 2.45) is 0 Å². The van der Waals surface area contributed by atoms with Crippen molar-refractivity contribution in [3.8, 4) is 0 Å². The largest absolute Gasteiger partial charge is 0.394 e. The molecule has 0 heterocycles. The van der Waals surface area contributed by atoms with E-state index in [4.69, 9.17) is 14.7 Å². The predicted molar refractivity (Wildman–Crippen MR) is 66.5 cm³/mol. The van der Waals surface area contributed by atoms with Gasteiger partial charge in [0, 0.05) is 6.92 Å². The van der Waals surface area contributed by atoms with E-state index in [9.17, 15) is 4.79 Å². The SMILES string of the molecule is CC(=O)ON(CCOCCO)Cc1ccccc1. The lowest BCUT2D eigenvalue weighted by atomic mass is 10.2. The van der Waals surface area contributed by atoms with Gasteiger partial charge in [-0.05, 0) is 5.56 Å². The average Bonchev–Trinajstić information content (AvgIpc) is 2.35. The summed E-state index contributed by atoms with van der Waals surface area (Å²) in [7, 11) is 0. The van der Waals surface area contributed by atoms with Crippen LogP contribution in [-0.2, 0) is 20.9 Å². The number of aliphatic hydroxyl groups excluding tert-OH is 1. The van der Waals surface area contributed by atoms with Gasteiger partial charge in [0.25, 0.3) is 0 Å². The van der Waals surface area contributed by atoms with Gasteiger partial charge in [0.1, 0.15) is 0 Å². The van der Waals surface area contributed by atoms with Crippen molar-refractivity contribution in [2.75, 3.05) is 26.4 Å². The zero-order valence-corrected chi connectivity index (χ0v) is 10.5. The second kappa shape index (κ2) is 8.63. The molecule has 0 unspecified atom stereocenters. The fourth-order valence-electron chi connectivity index (χ4n) is 1.46. The van der Waals surface area contributed by atoms with Gasteiger partial charge in [-0.3, -0.25) is 4.79 Å². The number of hydroxylamine groups is 2. The van der Waals surface area contributed by atoms with E-state index in [1.165, 1.54) is 6.92 Å². The molecule has 1 aromatic rings. The van der Waals surface area contributed by atoms with E-state index < -0.39 is 0 Å². The number of ether oxygens (including phenoxy) is 1. The summed E-state index contributed by atoms with van der Waals surface area (Å²) in [6, 6.07) is 9.73. The quantitative estimate of drug-likeness (QED) is 0.552. The Bertz CT molecular complexity index is 342. The fraction of sp³-hybridized carbons (Fsp3) is 0.462. The van der Waals surface area contributed by atoms with Crippen molar-refractivity contribution < 1.29 is 19.5 Å². The van der Waals surface area contributed by atoms with Gasteiger partial charge in [-0.25, -0.2) is 0 Å². The molecule has 0 saturated heterocycles. The normalized spacial score (nSPS) is 10.6. The molecule has 1 aromatic carbocycles. The molecule has 0 radical (unpaired) electrons. The van der Waals surface area contributed by atoms with Crippen molar-refractivity contribution in [1.82, 2.24) is 5.06 Å². The lowest BCUT2D eigenvalue weighted by Crippen LogP contribution is -2.29. The lowest BCUT2D eigenvalue weighted by Gasteiger charge is -2.20. The van der Waals surface area contributed by atoms with Crippen molar-refractivity contribution in [2.45, 2.75) is 13.5 Å². The van der Waals surface area contributed by atoms with Gasteiger partial charge in [-0.1, -0.05) is 30.3 Å². The predicted octanol–water partition coefficient (Wildman–Crippen LogP) is 0.976. The third-order valence-electron chi connectivity index (χ3n) is 2.18. The molecule has 0 fully saturated rings. The molecular weight excluding hydrogens is 234 g/mol. The molecular formula is C13H19NO4. The minimum Gasteiger partial charge on any atom is -0.394 e. The van der Waals surface area contributed by atoms with Gasteiger partial charge in [-0.2, -0.15) is 0 Å². The van der Waals surface area contributed by atoms with E-state index in [1.807, 2.05) is 30.3 Å². The van der Waals surface area contributed by atoms with E-state index in [0.29, 0.717) is 26.3 Å². The summed E-state index contributed by atoms with van der Waals surface area (Å²) in [6.45, 7) is 3.04. The van der Waals surface area contributed by atoms with E-state index in [1.54, 1.807) is 5.06 Å². The highest BCUT2D eigenvalue weighted by molar-refractivity contribution is 5.65. The van der Waals surface area contributed by atoms with Crippen LogP contribution in [0.4, 0.5) is 0 Å². The molecule has 0 aliphatic carbocycles. The maximum Gasteiger partial charge on any atom is 0.322 e. The molecule has 5 heteroatoms. The van der Waals surface area contributed by atoms with Gasteiger partial charge < -0.3 is 14.7 Å². The maximum absolute atomic E-state index is 11.0. The molecule has 0 aliphatic heterocycles. The number of hydrogen-bond donors (Lipinski definition) is 1. The first-order valence-corrected chi connectivity index (χ1v) is 5.88. The van der Waals surface area contributed by atoms with Crippen molar-refractivity contribution in [1.29, 1.82) is 0 Å². The fourth-order valence-corrected chi connectivity index (χ4v) is 1.46. The zero-order chi connectivity index (χ0) is 13.2. The van der Waals surface area contributed by atoms with E-state index in [2.05, 4.69) is 0 Å². The molecule has 0 saturated carbocycles. The van der Waals surface area contributed by atoms with Crippen LogP contribution in [0.15, 0.2) is 30.3 Å². The monoisotopic (exact) mass is 253 g/mol. The first-order valence-electron chi connectivity index (χ1n) is 5.88. The van der Waals surface area contributed by atoms with Crippen LogP contribution >= 0.6 is 0 Å². The van der Waals surface area contributed by atoms with Gasteiger partial charge in [-0.15, -0.1) is 5.06 Å². The van der Waals surface area contributed by atoms with Crippen molar-refractivity contribution in [3.63, 3.8) is 0 Å². The van der Waals surface area contributed by atoms with Crippen LogP contribution in [0.2, 0.25) is 0 Å². The van der Waals surface area contributed by atoms with Gasteiger partial charge in [0.2, 0.25) is 0 Å². The summed E-state index contributed by atoms with van der Waals surface area (Å²) in [5, 5.41) is 10.1. The van der Waals surface area contributed by atoms with Gasteiger partial charge >= 0.3 is 5.97 Å². The maximum atomic E-state index is 11.0. The first-order chi connectivity index (χ1) is 8.72. The third kappa shape index (κ3) is 6.34. The number of nitrogens with zero attached hydrogens (tertiary/aromatic N) is 1. The molecule has 0 spiro atoms. The van der Waals surface area contributed by atoms with Crippen LogP contribution in [-0.4, -0.2) is 42.5 Å². The van der Waals surface area contributed by atoms with E-state index in [-0.39, 0.29) is 12.6 Å². The molecule has 5 nitrogen and oxygen atoms in total. The Labute approximate surface area is 107 Å². The van der Waals surface area contributed by atoms with Crippen LogP contribution < -0.4 is 0 Å². The van der Waals surface area contributed by atoms with Gasteiger partial charge in [0.05, 0.1) is 32.9 Å². The van der Waals surface area contributed by atoms with Crippen LogP contribution in [0.5, 0.6) is 0 Å². The highest BCUT2D eigenvalue weighted by atomic mass is 16.7. The molecule has 0 aliphatic rings. The van der Waals surface area contributed by atoms with E-state index in [0.717, 1.165) is 5.56 Å². The zero-order valence-electron chi connectivity index (χ0n) is 10.5. The highest BCUT2D eigenvalue weighted by Crippen LogP contribution is 2.05. The number of carbonyl (C=O) groups is 1. The van der Waals surface area contributed by atoms with Gasteiger partial charge in [0.15, 0.2) is 0 Å². The molecule has 18 heavy (non-hydrogen) atoms. The van der Waals surface area contributed by atoms with Crippen LogP contribution in [0.25, 0.3) is 0 Å².